The summed E-state index contributed by atoms with van der Waals surface area (Å²) in [5.41, 5.74) is 0.274. The van der Waals surface area contributed by atoms with Gasteiger partial charge in [0.2, 0.25) is 0 Å². The Labute approximate surface area is 130 Å². The summed E-state index contributed by atoms with van der Waals surface area (Å²) in [6.45, 7) is 6.83. The molecule has 0 aliphatic heterocycles. The SMILES string of the molecule is CC(C)(C)C1CCC(C#N)C(Oc2ccccc2Br)C1. The topological polar surface area (TPSA) is 33.0 Å². The summed E-state index contributed by atoms with van der Waals surface area (Å²) in [5.74, 6) is 1.45. The van der Waals surface area contributed by atoms with E-state index in [0.717, 1.165) is 29.5 Å². The van der Waals surface area contributed by atoms with E-state index in [2.05, 4.69) is 42.8 Å². The highest BCUT2D eigenvalue weighted by Crippen LogP contribution is 2.41. The van der Waals surface area contributed by atoms with E-state index in [0.29, 0.717) is 5.92 Å². The normalized spacial score (nSPS) is 26.9. The van der Waals surface area contributed by atoms with E-state index in [4.69, 9.17) is 4.74 Å². The van der Waals surface area contributed by atoms with Crippen LogP contribution < -0.4 is 4.74 Å². The Morgan fingerprint density at radius 2 is 1.95 bits per heavy atom. The molecule has 0 N–H and O–H groups in total. The maximum atomic E-state index is 9.36. The smallest absolute Gasteiger partial charge is 0.133 e. The zero-order chi connectivity index (χ0) is 14.8. The van der Waals surface area contributed by atoms with Gasteiger partial charge >= 0.3 is 0 Å². The van der Waals surface area contributed by atoms with E-state index < -0.39 is 0 Å². The van der Waals surface area contributed by atoms with Crippen LogP contribution in [-0.2, 0) is 0 Å². The summed E-state index contributed by atoms with van der Waals surface area (Å²) in [4.78, 5) is 0. The number of halogens is 1. The van der Waals surface area contributed by atoms with Crippen LogP contribution >= 0.6 is 15.9 Å². The fourth-order valence-electron chi connectivity index (χ4n) is 2.90. The van der Waals surface area contributed by atoms with Gasteiger partial charge < -0.3 is 4.74 Å². The van der Waals surface area contributed by atoms with Crippen molar-refractivity contribution >= 4 is 15.9 Å². The third-order valence-electron chi connectivity index (χ3n) is 4.30. The Morgan fingerprint density at radius 3 is 2.55 bits per heavy atom. The summed E-state index contributed by atoms with van der Waals surface area (Å²) in [7, 11) is 0. The highest BCUT2D eigenvalue weighted by molar-refractivity contribution is 9.10. The molecule has 0 spiro atoms. The largest absolute Gasteiger partial charge is 0.488 e. The van der Waals surface area contributed by atoms with Crippen LogP contribution in [0.2, 0.25) is 0 Å². The van der Waals surface area contributed by atoms with Crippen LogP contribution in [0.5, 0.6) is 5.75 Å². The Balaban J connectivity index is 2.14. The van der Waals surface area contributed by atoms with Crippen molar-refractivity contribution in [1.82, 2.24) is 0 Å². The van der Waals surface area contributed by atoms with Crippen LogP contribution in [0.3, 0.4) is 0 Å². The Kier molecular flexibility index (Phi) is 4.75. The number of hydrogen-bond acceptors (Lipinski definition) is 2. The lowest BCUT2D eigenvalue weighted by molar-refractivity contribution is 0.0489. The third kappa shape index (κ3) is 3.55. The molecule has 3 heteroatoms. The van der Waals surface area contributed by atoms with Crippen LogP contribution in [0.1, 0.15) is 40.0 Å². The second-order valence-corrected chi connectivity index (χ2v) is 7.55. The molecule has 20 heavy (non-hydrogen) atoms. The molecular formula is C17H22BrNO. The van der Waals surface area contributed by atoms with E-state index in [1.54, 1.807) is 0 Å². The van der Waals surface area contributed by atoms with Crippen LogP contribution in [0.4, 0.5) is 0 Å². The number of ether oxygens (including phenoxy) is 1. The molecule has 108 valence electrons. The first-order valence-electron chi connectivity index (χ1n) is 7.22. The first kappa shape index (κ1) is 15.4. The van der Waals surface area contributed by atoms with Crippen molar-refractivity contribution in [2.45, 2.75) is 46.1 Å². The van der Waals surface area contributed by atoms with Crippen LogP contribution in [0.25, 0.3) is 0 Å². The lowest BCUT2D eigenvalue weighted by Gasteiger charge is -2.39. The van der Waals surface area contributed by atoms with E-state index in [1.165, 1.54) is 0 Å². The maximum Gasteiger partial charge on any atom is 0.133 e. The predicted molar refractivity (Wildman–Crippen MR) is 84.5 cm³/mol. The molecule has 2 rings (SSSR count). The average molecular weight is 336 g/mol. The van der Waals surface area contributed by atoms with Gasteiger partial charge in [0.05, 0.1) is 16.5 Å². The second-order valence-electron chi connectivity index (χ2n) is 6.70. The fourth-order valence-corrected chi connectivity index (χ4v) is 3.28. The van der Waals surface area contributed by atoms with Gasteiger partial charge in [-0.1, -0.05) is 32.9 Å². The molecule has 0 saturated heterocycles. The molecule has 3 atom stereocenters. The molecule has 1 saturated carbocycles. The molecule has 0 heterocycles. The van der Waals surface area contributed by atoms with Crippen molar-refractivity contribution in [3.63, 3.8) is 0 Å². The van der Waals surface area contributed by atoms with Gasteiger partial charge in [-0.15, -0.1) is 0 Å². The molecule has 1 fully saturated rings. The number of nitrogens with zero attached hydrogens (tertiary/aromatic N) is 1. The quantitative estimate of drug-likeness (QED) is 0.745. The molecule has 0 radical (unpaired) electrons. The van der Waals surface area contributed by atoms with Gasteiger partial charge in [-0.3, -0.25) is 0 Å². The minimum absolute atomic E-state index is 0.000654. The van der Waals surface area contributed by atoms with E-state index >= 15 is 0 Å². The molecule has 0 bridgehead atoms. The van der Waals surface area contributed by atoms with Crippen LogP contribution in [-0.4, -0.2) is 6.10 Å². The second kappa shape index (κ2) is 6.18. The molecule has 0 aromatic heterocycles. The summed E-state index contributed by atoms with van der Waals surface area (Å²) in [5, 5.41) is 9.36. The number of hydrogen-bond donors (Lipinski definition) is 0. The Hall–Kier alpha value is -1.01. The first-order chi connectivity index (χ1) is 9.41. The minimum Gasteiger partial charge on any atom is -0.488 e. The average Bonchev–Trinajstić information content (AvgIpc) is 2.40. The fraction of sp³-hybridized carbons (Fsp3) is 0.588. The summed E-state index contributed by atoms with van der Waals surface area (Å²) in [6, 6.07) is 10.3. The summed E-state index contributed by atoms with van der Waals surface area (Å²) < 4.78 is 7.10. The van der Waals surface area contributed by atoms with E-state index in [9.17, 15) is 5.26 Å². The molecule has 0 amide bonds. The highest BCUT2D eigenvalue weighted by Gasteiger charge is 2.37. The van der Waals surface area contributed by atoms with Gasteiger partial charge in [0.15, 0.2) is 0 Å². The highest BCUT2D eigenvalue weighted by atomic mass is 79.9. The van der Waals surface area contributed by atoms with Gasteiger partial charge in [0.1, 0.15) is 11.9 Å². The van der Waals surface area contributed by atoms with Crippen LogP contribution in [0, 0.1) is 28.6 Å². The molecule has 1 aromatic rings. The summed E-state index contributed by atoms with van der Waals surface area (Å²) in [6.07, 6.45) is 3.02. The lowest BCUT2D eigenvalue weighted by Crippen LogP contribution is -2.37. The first-order valence-corrected chi connectivity index (χ1v) is 8.02. The van der Waals surface area contributed by atoms with Gasteiger partial charge in [-0.25, -0.2) is 0 Å². The van der Waals surface area contributed by atoms with Crippen molar-refractivity contribution in [3.05, 3.63) is 28.7 Å². The monoisotopic (exact) mass is 335 g/mol. The molecular weight excluding hydrogens is 314 g/mol. The number of benzene rings is 1. The molecule has 2 nitrogen and oxygen atoms in total. The molecule has 1 aromatic carbocycles. The lowest BCUT2D eigenvalue weighted by atomic mass is 9.69. The number of rotatable bonds is 2. The van der Waals surface area contributed by atoms with Gasteiger partial charge in [-0.05, 0) is 58.7 Å². The molecule has 3 unspecified atom stereocenters. The van der Waals surface area contributed by atoms with Crippen molar-refractivity contribution in [2.75, 3.05) is 0 Å². The maximum absolute atomic E-state index is 9.36. The predicted octanol–water partition coefficient (Wildman–Crippen LogP) is 5.18. The van der Waals surface area contributed by atoms with E-state index in [-0.39, 0.29) is 17.4 Å². The standard InChI is InChI=1S/C17H22BrNO/c1-17(2,3)13-9-8-12(11-19)16(10-13)20-15-7-5-4-6-14(15)18/h4-7,12-13,16H,8-10H2,1-3H3. The summed E-state index contributed by atoms with van der Waals surface area (Å²) >= 11 is 3.51. The van der Waals surface area contributed by atoms with Crippen molar-refractivity contribution in [1.29, 1.82) is 5.26 Å². The zero-order valence-electron chi connectivity index (χ0n) is 12.4. The van der Waals surface area contributed by atoms with Crippen molar-refractivity contribution < 1.29 is 4.74 Å². The third-order valence-corrected chi connectivity index (χ3v) is 4.95. The van der Waals surface area contributed by atoms with Crippen molar-refractivity contribution in [2.24, 2.45) is 17.3 Å². The van der Waals surface area contributed by atoms with Gasteiger partial charge in [0.25, 0.3) is 0 Å². The number of para-hydroxylation sites is 1. The van der Waals surface area contributed by atoms with Crippen molar-refractivity contribution in [3.8, 4) is 11.8 Å². The minimum atomic E-state index is -0.00308. The Morgan fingerprint density at radius 1 is 1.25 bits per heavy atom. The van der Waals surface area contributed by atoms with E-state index in [1.807, 2.05) is 24.3 Å². The van der Waals surface area contributed by atoms with Crippen LogP contribution in [0.15, 0.2) is 28.7 Å². The van der Waals surface area contributed by atoms with Gasteiger partial charge in [-0.2, -0.15) is 5.26 Å². The molecule has 1 aliphatic carbocycles. The van der Waals surface area contributed by atoms with Gasteiger partial charge in [0, 0.05) is 0 Å². The molecule has 1 aliphatic rings. The Bertz CT molecular complexity index is 500. The number of nitriles is 1. The zero-order valence-corrected chi connectivity index (χ0v) is 14.0.